The van der Waals surface area contributed by atoms with E-state index in [0.29, 0.717) is 0 Å². The monoisotopic (exact) mass is 246 g/mol. The van der Waals surface area contributed by atoms with Crippen LogP contribution in [0.2, 0.25) is 0 Å². The summed E-state index contributed by atoms with van der Waals surface area (Å²) in [5, 5.41) is 0. The van der Waals surface area contributed by atoms with Gasteiger partial charge in [0.05, 0.1) is 16.9 Å². The summed E-state index contributed by atoms with van der Waals surface area (Å²) in [6.45, 7) is 8.05. The fourth-order valence-electron chi connectivity index (χ4n) is 1.79. The standard InChI is InChI=1S/C13H19BN2O2/c1-12(2)13(3,4)18-14(17-12)10(9-15)11-7-5-6-8-16-11/h5-9H,15H2,1-4H3. The van der Waals surface area contributed by atoms with Gasteiger partial charge in [-0.15, -0.1) is 0 Å². The molecule has 1 saturated heterocycles. The van der Waals surface area contributed by atoms with E-state index < -0.39 is 7.12 Å². The maximum absolute atomic E-state index is 5.96. The van der Waals surface area contributed by atoms with Gasteiger partial charge in [-0.25, -0.2) is 0 Å². The molecule has 2 N–H and O–H groups in total. The predicted molar refractivity (Wildman–Crippen MR) is 72.5 cm³/mol. The van der Waals surface area contributed by atoms with Crippen molar-refractivity contribution >= 4 is 12.6 Å². The highest BCUT2D eigenvalue weighted by Crippen LogP contribution is 2.39. The van der Waals surface area contributed by atoms with E-state index in [0.717, 1.165) is 11.2 Å². The first-order chi connectivity index (χ1) is 8.37. The van der Waals surface area contributed by atoms with Crippen molar-refractivity contribution in [3.05, 3.63) is 36.3 Å². The van der Waals surface area contributed by atoms with Crippen molar-refractivity contribution in [3.63, 3.8) is 0 Å². The van der Waals surface area contributed by atoms with Gasteiger partial charge in [0.1, 0.15) is 0 Å². The molecular weight excluding hydrogens is 227 g/mol. The van der Waals surface area contributed by atoms with Crippen LogP contribution >= 0.6 is 0 Å². The molecule has 0 saturated carbocycles. The van der Waals surface area contributed by atoms with Gasteiger partial charge in [0.15, 0.2) is 0 Å². The topological polar surface area (TPSA) is 57.4 Å². The lowest BCUT2D eigenvalue weighted by Gasteiger charge is -2.32. The van der Waals surface area contributed by atoms with Gasteiger partial charge in [-0.2, -0.15) is 0 Å². The smallest absolute Gasteiger partial charge is 0.405 e. The molecule has 0 bridgehead atoms. The normalized spacial score (nSPS) is 22.2. The Hall–Kier alpha value is -1.33. The van der Waals surface area contributed by atoms with Crippen LogP contribution in [-0.4, -0.2) is 23.3 Å². The van der Waals surface area contributed by atoms with Crippen molar-refractivity contribution in [1.82, 2.24) is 4.98 Å². The van der Waals surface area contributed by atoms with Gasteiger partial charge in [0.2, 0.25) is 0 Å². The molecule has 0 aliphatic carbocycles. The van der Waals surface area contributed by atoms with Gasteiger partial charge in [0.25, 0.3) is 0 Å². The van der Waals surface area contributed by atoms with Crippen LogP contribution in [0.25, 0.3) is 5.47 Å². The number of hydrogen-bond donors (Lipinski definition) is 1. The molecule has 0 amide bonds. The van der Waals surface area contributed by atoms with Crippen LogP contribution in [0.3, 0.4) is 0 Å². The van der Waals surface area contributed by atoms with E-state index in [1.165, 1.54) is 6.20 Å². The Morgan fingerprint density at radius 2 is 1.83 bits per heavy atom. The van der Waals surface area contributed by atoms with E-state index in [4.69, 9.17) is 15.0 Å². The van der Waals surface area contributed by atoms with Crippen molar-refractivity contribution in [2.45, 2.75) is 38.9 Å². The molecule has 1 aliphatic heterocycles. The lowest BCUT2D eigenvalue weighted by atomic mass is 9.76. The Morgan fingerprint density at radius 1 is 1.22 bits per heavy atom. The molecule has 4 nitrogen and oxygen atoms in total. The molecule has 1 aromatic rings. The second kappa shape index (κ2) is 4.41. The Labute approximate surface area is 108 Å². The van der Waals surface area contributed by atoms with Crippen LogP contribution < -0.4 is 5.73 Å². The van der Waals surface area contributed by atoms with Crippen molar-refractivity contribution in [1.29, 1.82) is 0 Å². The first kappa shape index (κ1) is 13.1. The fourth-order valence-corrected chi connectivity index (χ4v) is 1.79. The Morgan fingerprint density at radius 3 is 2.28 bits per heavy atom. The summed E-state index contributed by atoms with van der Waals surface area (Å²) in [5.74, 6) is 0. The highest BCUT2D eigenvalue weighted by Gasteiger charge is 2.52. The van der Waals surface area contributed by atoms with Crippen LogP contribution in [0.4, 0.5) is 0 Å². The lowest BCUT2D eigenvalue weighted by Crippen LogP contribution is -2.41. The number of hydrogen-bond acceptors (Lipinski definition) is 4. The zero-order valence-corrected chi connectivity index (χ0v) is 11.3. The average Bonchev–Trinajstić information content (AvgIpc) is 2.50. The molecule has 2 rings (SSSR count). The van der Waals surface area contributed by atoms with Crippen molar-refractivity contribution < 1.29 is 9.31 Å². The highest BCUT2D eigenvalue weighted by atomic mass is 16.7. The van der Waals surface area contributed by atoms with Gasteiger partial charge < -0.3 is 15.0 Å². The SMILES string of the molecule is CC1(C)OB(C(=CN)c2ccccn2)OC1(C)C. The first-order valence-corrected chi connectivity index (χ1v) is 6.06. The van der Waals surface area contributed by atoms with E-state index in [9.17, 15) is 0 Å². The maximum Gasteiger partial charge on any atom is 0.498 e. The minimum atomic E-state index is -0.477. The third-order valence-corrected chi connectivity index (χ3v) is 3.65. The minimum absolute atomic E-state index is 0.374. The molecule has 0 radical (unpaired) electrons. The van der Waals surface area contributed by atoms with E-state index in [1.807, 2.05) is 45.9 Å². The van der Waals surface area contributed by atoms with Crippen molar-refractivity contribution in [2.24, 2.45) is 5.73 Å². The van der Waals surface area contributed by atoms with Crippen LogP contribution in [0.15, 0.2) is 30.6 Å². The molecule has 2 heterocycles. The average molecular weight is 246 g/mol. The van der Waals surface area contributed by atoms with E-state index in [2.05, 4.69) is 4.98 Å². The van der Waals surface area contributed by atoms with Gasteiger partial charge in [-0.05, 0) is 46.0 Å². The number of aromatic nitrogens is 1. The number of pyridine rings is 1. The quantitative estimate of drug-likeness (QED) is 0.811. The minimum Gasteiger partial charge on any atom is -0.405 e. The zero-order valence-electron chi connectivity index (χ0n) is 11.3. The summed E-state index contributed by atoms with van der Waals surface area (Å²) < 4.78 is 11.9. The lowest BCUT2D eigenvalue weighted by molar-refractivity contribution is 0.00578. The third kappa shape index (κ3) is 2.16. The zero-order chi connectivity index (χ0) is 13.4. The number of rotatable bonds is 2. The summed E-state index contributed by atoms with van der Waals surface area (Å²) in [6.07, 6.45) is 3.23. The molecule has 0 unspecified atom stereocenters. The summed E-state index contributed by atoms with van der Waals surface area (Å²) in [4.78, 5) is 4.28. The van der Waals surface area contributed by atoms with Gasteiger partial charge in [-0.1, -0.05) is 6.07 Å². The van der Waals surface area contributed by atoms with Gasteiger partial charge >= 0.3 is 7.12 Å². The van der Waals surface area contributed by atoms with Crippen LogP contribution in [-0.2, 0) is 9.31 Å². The molecule has 18 heavy (non-hydrogen) atoms. The van der Waals surface area contributed by atoms with Gasteiger partial charge in [-0.3, -0.25) is 4.98 Å². The number of nitrogens with zero attached hydrogens (tertiary/aromatic N) is 1. The molecule has 5 heteroatoms. The Kier molecular flexibility index (Phi) is 3.21. The Balaban J connectivity index is 2.28. The molecule has 1 fully saturated rings. The van der Waals surface area contributed by atoms with E-state index >= 15 is 0 Å². The van der Waals surface area contributed by atoms with Gasteiger partial charge in [0, 0.05) is 11.7 Å². The van der Waals surface area contributed by atoms with E-state index in [1.54, 1.807) is 6.20 Å². The van der Waals surface area contributed by atoms with Crippen LogP contribution in [0, 0.1) is 0 Å². The molecule has 1 aliphatic rings. The summed E-state index contributed by atoms with van der Waals surface area (Å²) in [6, 6.07) is 5.67. The second-order valence-electron chi connectivity index (χ2n) is 5.43. The molecule has 1 aromatic heterocycles. The predicted octanol–water partition coefficient (Wildman–Crippen LogP) is 2.01. The summed E-state index contributed by atoms with van der Waals surface area (Å²) in [5.41, 5.74) is 6.49. The second-order valence-corrected chi connectivity index (χ2v) is 5.43. The van der Waals surface area contributed by atoms with Crippen molar-refractivity contribution in [3.8, 4) is 0 Å². The molecular formula is C13H19BN2O2. The summed E-state index contributed by atoms with van der Waals surface area (Å²) in [7, 11) is -0.477. The van der Waals surface area contributed by atoms with E-state index in [-0.39, 0.29) is 11.2 Å². The summed E-state index contributed by atoms with van der Waals surface area (Å²) >= 11 is 0. The molecule has 0 aromatic carbocycles. The molecule has 96 valence electrons. The maximum atomic E-state index is 5.96. The third-order valence-electron chi connectivity index (χ3n) is 3.65. The Bertz CT molecular complexity index is 441. The fraction of sp³-hybridized carbons (Fsp3) is 0.462. The highest BCUT2D eigenvalue weighted by molar-refractivity contribution is 6.68. The van der Waals surface area contributed by atoms with Crippen LogP contribution in [0.5, 0.6) is 0 Å². The number of nitrogens with two attached hydrogens (primary N) is 1. The first-order valence-electron chi connectivity index (χ1n) is 6.06. The molecule has 0 atom stereocenters. The molecule has 0 spiro atoms. The largest absolute Gasteiger partial charge is 0.498 e. The van der Waals surface area contributed by atoms with Crippen LogP contribution in [0.1, 0.15) is 33.4 Å². The van der Waals surface area contributed by atoms with Crippen molar-refractivity contribution in [2.75, 3.05) is 0 Å².